The number of carboxylic acids is 2. The van der Waals surface area contributed by atoms with Crippen LogP contribution in [0.4, 0.5) is 0 Å². The van der Waals surface area contributed by atoms with E-state index in [0.29, 0.717) is 17.9 Å². The normalized spacial score (nSPS) is 10.6. The molecule has 0 fully saturated rings. The van der Waals surface area contributed by atoms with Crippen LogP contribution in [0.15, 0.2) is 18.2 Å². The largest absolute Gasteiger partial charge is 0.478 e. The fourth-order valence-corrected chi connectivity index (χ4v) is 1.94. The average Bonchev–Trinajstić information content (AvgIpc) is 2.27. The molecule has 2 N–H and O–H groups in total. The third kappa shape index (κ3) is 3.58. The Hall–Kier alpha value is -1.84. The third-order valence-electron chi connectivity index (χ3n) is 2.82. The van der Waals surface area contributed by atoms with Crippen LogP contribution in [0.1, 0.15) is 53.0 Å². The summed E-state index contributed by atoms with van der Waals surface area (Å²) in [5, 5.41) is 18.1. The molecule has 0 bridgehead atoms. The predicted molar refractivity (Wildman–Crippen MR) is 68.1 cm³/mol. The Bertz CT molecular complexity index is 449. The summed E-state index contributed by atoms with van der Waals surface area (Å²) < 4.78 is 0. The molecule has 18 heavy (non-hydrogen) atoms. The van der Waals surface area contributed by atoms with Gasteiger partial charge in [-0.3, -0.25) is 0 Å². The van der Waals surface area contributed by atoms with Gasteiger partial charge in [0.25, 0.3) is 0 Å². The molecule has 4 heteroatoms. The van der Waals surface area contributed by atoms with Crippen molar-refractivity contribution in [2.24, 2.45) is 5.92 Å². The molecule has 0 aliphatic heterocycles. The molecule has 0 saturated heterocycles. The van der Waals surface area contributed by atoms with Crippen LogP contribution in [0.3, 0.4) is 0 Å². The molecule has 0 radical (unpaired) electrons. The van der Waals surface area contributed by atoms with Crippen LogP contribution < -0.4 is 0 Å². The van der Waals surface area contributed by atoms with Crippen LogP contribution in [-0.2, 0) is 6.42 Å². The molecule has 0 amide bonds. The number of benzene rings is 1. The molecule has 0 aliphatic carbocycles. The summed E-state index contributed by atoms with van der Waals surface area (Å²) in [7, 11) is 0. The topological polar surface area (TPSA) is 74.6 Å². The first-order valence-electron chi connectivity index (χ1n) is 6.02. The van der Waals surface area contributed by atoms with E-state index in [1.54, 1.807) is 12.1 Å². The Morgan fingerprint density at radius 3 is 2.33 bits per heavy atom. The molecule has 0 spiro atoms. The minimum Gasteiger partial charge on any atom is -0.478 e. The quantitative estimate of drug-likeness (QED) is 0.813. The molecule has 0 aliphatic rings. The number of rotatable bonds is 6. The molecule has 0 heterocycles. The lowest BCUT2D eigenvalue weighted by Gasteiger charge is -2.09. The van der Waals surface area contributed by atoms with E-state index in [4.69, 9.17) is 10.2 Å². The fraction of sp³-hybridized carbons (Fsp3) is 0.429. The van der Waals surface area contributed by atoms with Gasteiger partial charge in [-0.25, -0.2) is 9.59 Å². The lowest BCUT2D eigenvalue weighted by atomic mass is 9.95. The molecule has 1 aromatic rings. The van der Waals surface area contributed by atoms with Gasteiger partial charge in [-0.05, 0) is 30.4 Å². The summed E-state index contributed by atoms with van der Waals surface area (Å²) in [6, 6.07) is 4.62. The zero-order chi connectivity index (χ0) is 13.7. The Kier molecular flexibility index (Phi) is 4.89. The van der Waals surface area contributed by atoms with E-state index < -0.39 is 11.9 Å². The molecule has 0 atom stereocenters. The number of carboxylic acid groups (broad SMARTS) is 2. The molecule has 1 rings (SSSR count). The van der Waals surface area contributed by atoms with Gasteiger partial charge in [0, 0.05) is 0 Å². The highest BCUT2D eigenvalue weighted by molar-refractivity contribution is 6.02. The minimum atomic E-state index is -1.20. The van der Waals surface area contributed by atoms with Crippen molar-refractivity contribution < 1.29 is 19.8 Å². The summed E-state index contributed by atoms with van der Waals surface area (Å²) in [5.74, 6) is -1.81. The van der Waals surface area contributed by atoms with Gasteiger partial charge in [-0.2, -0.15) is 0 Å². The molecule has 0 aromatic heterocycles. The van der Waals surface area contributed by atoms with Crippen LogP contribution in [0.25, 0.3) is 0 Å². The van der Waals surface area contributed by atoms with Gasteiger partial charge in [-0.1, -0.05) is 32.4 Å². The summed E-state index contributed by atoms with van der Waals surface area (Å²) in [6.45, 7) is 4.21. The van der Waals surface area contributed by atoms with E-state index in [0.717, 1.165) is 12.8 Å². The van der Waals surface area contributed by atoms with Gasteiger partial charge < -0.3 is 10.2 Å². The van der Waals surface area contributed by atoms with Crippen molar-refractivity contribution in [2.75, 3.05) is 0 Å². The first kappa shape index (κ1) is 14.2. The van der Waals surface area contributed by atoms with E-state index in [2.05, 4.69) is 13.8 Å². The number of carbonyl (C=O) groups is 2. The van der Waals surface area contributed by atoms with Crippen molar-refractivity contribution in [1.82, 2.24) is 0 Å². The Balaban J connectivity index is 3.00. The van der Waals surface area contributed by atoms with Gasteiger partial charge in [0.1, 0.15) is 0 Å². The van der Waals surface area contributed by atoms with Crippen molar-refractivity contribution >= 4 is 11.9 Å². The maximum atomic E-state index is 11.2. The standard InChI is InChI=1S/C14H18O4/c1-9(2)5-3-6-10-7-4-8-11(13(15)16)12(10)14(17)18/h4,7-9H,3,5-6H2,1-2H3,(H,15,16)(H,17,18). The van der Waals surface area contributed by atoms with E-state index in [1.807, 2.05) is 0 Å². The van der Waals surface area contributed by atoms with Gasteiger partial charge in [0.15, 0.2) is 0 Å². The van der Waals surface area contributed by atoms with Gasteiger partial charge in [0.05, 0.1) is 11.1 Å². The number of aromatic carboxylic acids is 2. The zero-order valence-corrected chi connectivity index (χ0v) is 10.6. The van der Waals surface area contributed by atoms with Crippen LogP contribution in [0.2, 0.25) is 0 Å². The predicted octanol–water partition coefficient (Wildman–Crippen LogP) is 3.06. The van der Waals surface area contributed by atoms with Crippen molar-refractivity contribution in [3.05, 3.63) is 34.9 Å². The second-order valence-electron chi connectivity index (χ2n) is 4.74. The van der Waals surface area contributed by atoms with Crippen molar-refractivity contribution in [2.45, 2.75) is 33.1 Å². The van der Waals surface area contributed by atoms with E-state index in [-0.39, 0.29) is 11.1 Å². The maximum Gasteiger partial charge on any atom is 0.336 e. The average molecular weight is 250 g/mol. The fourth-order valence-electron chi connectivity index (χ4n) is 1.94. The monoisotopic (exact) mass is 250 g/mol. The highest BCUT2D eigenvalue weighted by Gasteiger charge is 2.19. The van der Waals surface area contributed by atoms with Crippen LogP contribution >= 0.6 is 0 Å². The van der Waals surface area contributed by atoms with E-state index in [1.165, 1.54) is 6.07 Å². The molecule has 1 aromatic carbocycles. The first-order chi connectivity index (χ1) is 8.43. The number of hydrogen-bond donors (Lipinski definition) is 2. The van der Waals surface area contributed by atoms with Crippen molar-refractivity contribution in [1.29, 1.82) is 0 Å². The van der Waals surface area contributed by atoms with Gasteiger partial charge >= 0.3 is 11.9 Å². The number of hydrogen-bond acceptors (Lipinski definition) is 2. The molecular weight excluding hydrogens is 232 g/mol. The van der Waals surface area contributed by atoms with Crippen molar-refractivity contribution in [3.63, 3.8) is 0 Å². The van der Waals surface area contributed by atoms with Gasteiger partial charge in [0.2, 0.25) is 0 Å². The zero-order valence-electron chi connectivity index (χ0n) is 10.6. The highest BCUT2D eigenvalue weighted by Crippen LogP contribution is 2.18. The minimum absolute atomic E-state index is 0.0752. The molecular formula is C14H18O4. The lowest BCUT2D eigenvalue weighted by Crippen LogP contribution is -2.11. The lowest BCUT2D eigenvalue weighted by molar-refractivity contribution is 0.0650. The second-order valence-corrected chi connectivity index (χ2v) is 4.74. The molecule has 0 unspecified atom stereocenters. The SMILES string of the molecule is CC(C)CCCc1cccc(C(=O)O)c1C(=O)O. The Morgan fingerprint density at radius 1 is 1.17 bits per heavy atom. The summed E-state index contributed by atoms with van der Waals surface area (Å²) in [4.78, 5) is 22.2. The first-order valence-corrected chi connectivity index (χ1v) is 6.02. The van der Waals surface area contributed by atoms with Crippen LogP contribution in [0, 0.1) is 5.92 Å². The summed E-state index contributed by atoms with van der Waals surface area (Å²) in [6.07, 6.45) is 2.46. The summed E-state index contributed by atoms with van der Waals surface area (Å²) >= 11 is 0. The van der Waals surface area contributed by atoms with E-state index in [9.17, 15) is 9.59 Å². The summed E-state index contributed by atoms with van der Waals surface area (Å²) in [5.41, 5.74) is 0.390. The Morgan fingerprint density at radius 2 is 1.83 bits per heavy atom. The molecule has 98 valence electrons. The second kappa shape index (κ2) is 6.19. The van der Waals surface area contributed by atoms with Gasteiger partial charge in [-0.15, -0.1) is 0 Å². The van der Waals surface area contributed by atoms with Crippen LogP contribution in [-0.4, -0.2) is 22.2 Å². The highest BCUT2D eigenvalue weighted by atomic mass is 16.4. The smallest absolute Gasteiger partial charge is 0.336 e. The molecule has 4 nitrogen and oxygen atoms in total. The number of aryl methyl sites for hydroxylation is 1. The van der Waals surface area contributed by atoms with Crippen LogP contribution in [0.5, 0.6) is 0 Å². The Labute approximate surface area is 106 Å². The van der Waals surface area contributed by atoms with E-state index >= 15 is 0 Å². The van der Waals surface area contributed by atoms with Crippen molar-refractivity contribution in [3.8, 4) is 0 Å². The molecule has 0 saturated carbocycles. The third-order valence-corrected chi connectivity index (χ3v) is 2.82. The maximum absolute atomic E-state index is 11.2.